The number of carbonyl (C=O) groups is 2. The fourth-order valence-electron chi connectivity index (χ4n) is 3.34. The number of nitrogens with one attached hydrogen (secondary N) is 3. The zero-order chi connectivity index (χ0) is 19.5. The van der Waals surface area contributed by atoms with Gasteiger partial charge in [-0.2, -0.15) is 10.1 Å². The summed E-state index contributed by atoms with van der Waals surface area (Å²) in [6, 6.07) is 8.30. The van der Waals surface area contributed by atoms with Crippen LogP contribution in [0, 0.1) is 0 Å². The summed E-state index contributed by atoms with van der Waals surface area (Å²) in [4.78, 5) is 32.3. The molecular weight excluding hydrogens is 356 g/mol. The highest BCUT2D eigenvalue weighted by Gasteiger charge is 2.21. The molecule has 3 N–H and O–H groups in total. The Labute approximate surface area is 162 Å². The first-order valence-corrected chi connectivity index (χ1v) is 9.32. The number of anilines is 1. The fraction of sp³-hybridized carbons (Fsp3) is 0.300. The van der Waals surface area contributed by atoms with E-state index < -0.39 is 0 Å². The second-order valence-electron chi connectivity index (χ2n) is 6.90. The molecule has 3 heterocycles. The van der Waals surface area contributed by atoms with Crippen molar-refractivity contribution in [1.29, 1.82) is 0 Å². The molecule has 1 amide bonds. The molecule has 8 heteroatoms. The summed E-state index contributed by atoms with van der Waals surface area (Å²) in [6.45, 7) is 1.91. The molecule has 1 aromatic carbocycles. The summed E-state index contributed by atoms with van der Waals surface area (Å²) in [5.41, 5.74) is 1.57. The molecule has 0 spiro atoms. The smallest absolute Gasteiger partial charge is 0.258 e. The van der Waals surface area contributed by atoms with Gasteiger partial charge in [0.15, 0.2) is 11.6 Å². The number of carbonyl (C=O) groups excluding carboxylic acids is 2. The van der Waals surface area contributed by atoms with Crippen LogP contribution in [0.25, 0.3) is 0 Å². The number of benzene rings is 1. The van der Waals surface area contributed by atoms with Gasteiger partial charge in [-0.15, -0.1) is 0 Å². The zero-order valence-electron chi connectivity index (χ0n) is 15.6. The van der Waals surface area contributed by atoms with Gasteiger partial charge in [0, 0.05) is 42.0 Å². The number of hydrogen-bond acceptors (Lipinski definition) is 5. The van der Waals surface area contributed by atoms with Gasteiger partial charge in [0.05, 0.1) is 0 Å². The second-order valence-corrected chi connectivity index (χ2v) is 6.90. The van der Waals surface area contributed by atoms with Crippen molar-refractivity contribution in [3.63, 3.8) is 0 Å². The Morgan fingerprint density at radius 2 is 1.79 bits per heavy atom. The van der Waals surface area contributed by atoms with Crippen LogP contribution >= 0.6 is 0 Å². The fourth-order valence-corrected chi connectivity index (χ4v) is 3.34. The number of aromatic nitrogens is 4. The average Bonchev–Trinajstić information content (AvgIpc) is 3.39. The van der Waals surface area contributed by atoms with E-state index in [9.17, 15) is 9.59 Å². The predicted molar refractivity (Wildman–Crippen MR) is 104 cm³/mol. The largest absolute Gasteiger partial charge is 0.367 e. The first kappa shape index (κ1) is 18.1. The molecule has 0 unspecified atom stereocenters. The van der Waals surface area contributed by atoms with Crippen molar-refractivity contribution in [2.45, 2.75) is 18.8 Å². The molecule has 1 fully saturated rings. The number of aryl methyl sites for hydroxylation is 1. The van der Waals surface area contributed by atoms with Gasteiger partial charge >= 0.3 is 0 Å². The van der Waals surface area contributed by atoms with Crippen molar-refractivity contribution in [3.8, 4) is 0 Å². The lowest BCUT2D eigenvalue weighted by Crippen LogP contribution is -2.27. The van der Waals surface area contributed by atoms with Crippen LogP contribution in [0.1, 0.15) is 50.9 Å². The Morgan fingerprint density at radius 3 is 2.46 bits per heavy atom. The third-order valence-corrected chi connectivity index (χ3v) is 4.98. The standard InChI is InChI=1S/C20H22N6O2/c1-26-20(23-18(25-26)14-6-9-21-10-7-14)24-19(28)15-4-2-13(3-5-15)17(27)16-8-11-22-12-16/h2-5,8,11-12,14,21-22H,6-7,9-10H2,1H3,(H,23,24,25,28). The number of nitrogens with zero attached hydrogens (tertiary/aromatic N) is 3. The van der Waals surface area contributed by atoms with Gasteiger partial charge < -0.3 is 10.3 Å². The molecule has 1 aliphatic heterocycles. The van der Waals surface area contributed by atoms with Crippen LogP contribution in [0.2, 0.25) is 0 Å². The zero-order valence-corrected chi connectivity index (χ0v) is 15.6. The number of rotatable bonds is 5. The number of amides is 1. The number of piperidine rings is 1. The molecule has 2 aromatic heterocycles. The third kappa shape index (κ3) is 3.72. The summed E-state index contributed by atoms with van der Waals surface area (Å²) in [6.07, 6.45) is 5.34. The first-order chi connectivity index (χ1) is 13.6. The lowest BCUT2D eigenvalue weighted by atomic mass is 9.98. The van der Waals surface area contributed by atoms with E-state index in [2.05, 4.69) is 25.7 Å². The van der Waals surface area contributed by atoms with Gasteiger partial charge in [-0.3, -0.25) is 14.9 Å². The third-order valence-electron chi connectivity index (χ3n) is 4.98. The summed E-state index contributed by atoms with van der Waals surface area (Å²) in [5, 5.41) is 10.6. The Bertz CT molecular complexity index is 969. The van der Waals surface area contributed by atoms with Crippen LogP contribution in [-0.2, 0) is 7.05 Å². The lowest BCUT2D eigenvalue weighted by Gasteiger charge is -2.19. The number of hydrogen-bond donors (Lipinski definition) is 3. The summed E-state index contributed by atoms with van der Waals surface area (Å²) in [7, 11) is 1.77. The van der Waals surface area contributed by atoms with Gasteiger partial charge in [0.25, 0.3) is 5.91 Å². The molecule has 0 saturated carbocycles. The van der Waals surface area contributed by atoms with Gasteiger partial charge in [0.1, 0.15) is 0 Å². The highest BCUT2D eigenvalue weighted by Crippen LogP contribution is 2.23. The van der Waals surface area contributed by atoms with Gasteiger partial charge in [0.2, 0.25) is 5.95 Å². The molecule has 3 aromatic rings. The maximum atomic E-state index is 12.6. The van der Waals surface area contributed by atoms with Gasteiger partial charge in [-0.1, -0.05) is 12.1 Å². The molecule has 0 radical (unpaired) electrons. The van der Waals surface area contributed by atoms with Crippen molar-refractivity contribution in [1.82, 2.24) is 25.1 Å². The molecule has 1 saturated heterocycles. The Balaban J connectivity index is 1.45. The normalized spacial score (nSPS) is 14.8. The molecule has 28 heavy (non-hydrogen) atoms. The second kappa shape index (κ2) is 7.77. The summed E-state index contributed by atoms with van der Waals surface area (Å²) < 4.78 is 1.60. The van der Waals surface area contributed by atoms with Crippen LogP contribution in [0.5, 0.6) is 0 Å². The molecule has 0 aliphatic carbocycles. The topological polar surface area (TPSA) is 105 Å². The summed E-state index contributed by atoms with van der Waals surface area (Å²) in [5.74, 6) is 1.13. The SMILES string of the molecule is Cn1nc(C2CCNCC2)nc1NC(=O)c1ccc(C(=O)c2cc[nH]c2)cc1. The van der Waals surface area contributed by atoms with E-state index in [4.69, 9.17) is 0 Å². The molecule has 4 rings (SSSR count). The Hall–Kier alpha value is -3.26. The maximum absolute atomic E-state index is 12.6. The monoisotopic (exact) mass is 378 g/mol. The molecular formula is C20H22N6O2. The molecule has 8 nitrogen and oxygen atoms in total. The minimum atomic E-state index is -0.284. The predicted octanol–water partition coefficient (Wildman–Crippen LogP) is 2.09. The summed E-state index contributed by atoms with van der Waals surface area (Å²) >= 11 is 0. The highest BCUT2D eigenvalue weighted by atomic mass is 16.2. The van der Waals surface area contributed by atoms with Gasteiger partial charge in [-0.25, -0.2) is 4.68 Å². The molecule has 1 aliphatic rings. The Kier molecular flexibility index (Phi) is 5.03. The van der Waals surface area contributed by atoms with Crippen molar-refractivity contribution in [2.75, 3.05) is 18.4 Å². The minimum absolute atomic E-state index is 0.0897. The first-order valence-electron chi connectivity index (χ1n) is 9.32. The number of H-pyrrole nitrogens is 1. The highest BCUT2D eigenvalue weighted by molar-refractivity contribution is 6.10. The molecule has 0 bridgehead atoms. The molecule has 144 valence electrons. The average molecular weight is 378 g/mol. The van der Waals surface area contributed by atoms with E-state index in [0.29, 0.717) is 28.6 Å². The van der Waals surface area contributed by atoms with Crippen LogP contribution < -0.4 is 10.6 Å². The van der Waals surface area contributed by atoms with E-state index >= 15 is 0 Å². The number of aromatic amines is 1. The molecule has 0 atom stereocenters. The lowest BCUT2D eigenvalue weighted by molar-refractivity contribution is 0.101. The quantitative estimate of drug-likeness (QED) is 0.590. The van der Waals surface area contributed by atoms with E-state index in [0.717, 1.165) is 31.8 Å². The number of ketones is 1. The van der Waals surface area contributed by atoms with Crippen molar-refractivity contribution in [3.05, 3.63) is 65.2 Å². The van der Waals surface area contributed by atoms with Crippen LogP contribution in [0.4, 0.5) is 5.95 Å². The van der Waals surface area contributed by atoms with Crippen molar-refractivity contribution >= 4 is 17.6 Å². The van der Waals surface area contributed by atoms with Gasteiger partial charge in [-0.05, 0) is 44.1 Å². The van der Waals surface area contributed by atoms with Crippen LogP contribution in [0.15, 0.2) is 42.7 Å². The van der Waals surface area contributed by atoms with E-state index in [1.165, 1.54) is 0 Å². The van der Waals surface area contributed by atoms with Crippen LogP contribution in [0.3, 0.4) is 0 Å². The van der Waals surface area contributed by atoms with Crippen LogP contribution in [-0.4, -0.2) is 44.5 Å². The van der Waals surface area contributed by atoms with E-state index in [1.807, 2.05) is 0 Å². The van der Waals surface area contributed by atoms with Crippen molar-refractivity contribution in [2.24, 2.45) is 7.05 Å². The van der Waals surface area contributed by atoms with E-state index in [-0.39, 0.29) is 11.7 Å². The Morgan fingerprint density at radius 1 is 1.07 bits per heavy atom. The van der Waals surface area contributed by atoms with E-state index in [1.54, 1.807) is 54.5 Å². The maximum Gasteiger partial charge on any atom is 0.258 e. The van der Waals surface area contributed by atoms with Crippen molar-refractivity contribution < 1.29 is 9.59 Å². The minimum Gasteiger partial charge on any atom is -0.367 e.